The highest BCUT2D eigenvalue weighted by molar-refractivity contribution is 5.77. The van der Waals surface area contributed by atoms with Crippen LogP contribution in [0, 0.1) is 15.5 Å². The van der Waals surface area contributed by atoms with E-state index >= 15 is 0 Å². The van der Waals surface area contributed by atoms with E-state index in [1.54, 1.807) is 33.8 Å². The second-order valence-electron chi connectivity index (χ2n) is 5.82. The van der Waals surface area contributed by atoms with Gasteiger partial charge in [0.15, 0.2) is 0 Å². The van der Waals surface area contributed by atoms with Crippen molar-refractivity contribution in [2.45, 2.75) is 33.2 Å². The first kappa shape index (κ1) is 16.7. The molecule has 0 radical (unpaired) electrons. The molecule has 2 N–H and O–H groups in total. The van der Waals surface area contributed by atoms with Gasteiger partial charge in [-0.2, -0.15) is 0 Å². The van der Waals surface area contributed by atoms with Gasteiger partial charge in [-0.15, -0.1) is 0 Å². The van der Waals surface area contributed by atoms with E-state index < -0.39 is 21.8 Å². The van der Waals surface area contributed by atoms with Crippen LogP contribution in [0.4, 0.5) is 11.4 Å². The number of methoxy groups -OCH3 is 1. The highest BCUT2D eigenvalue weighted by atomic mass is 16.6. The molecule has 0 aromatic heterocycles. The average molecular weight is 296 g/mol. The first-order chi connectivity index (χ1) is 9.52. The van der Waals surface area contributed by atoms with E-state index in [1.165, 1.54) is 19.2 Å². The number of carboxylic acid groups (broad SMARTS) is 1. The number of aliphatic carboxylic acids is 1. The van der Waals surface area contributed by atoms with Crippen LogP contribution in [0.25, 0.3) is 0 Å². The lowest BCUT2D eigenvalue weighted by atomic mass is 9.74. The number of anilines is 1. The van der Waals surface area contributed by atoms with E-state index in [1.807, 2.05) is 0 Å². The number of hydrogen-bond acceptors (Lipinski definition) is 5. The smallest absolute Gasteiger partial charge is 0.311 e. The molecule has 0 fully saturated rings. The fraction of sp³-hybridized carbons (Fsp3) is 0.500. The number of carbonyl (C=O) groups is 1. The summed E-state index contributed by atoms with van der Waals surface area (Å²) in [5.41, 5.74) is -1.94. The maximum atomic E-state index is 11.4. The third-order valence-electron chi connectivity index (χ3n) is 3.95. The van der Waals surface area contributed by atoms with Crippen LogP contribution < -0.4 is 10.1 Å². The largest absolute Gasteiger partial charge is 0.496 e. The zero-order valence-corrected chi connectivity index (χ0v) is 12.8. The lowest BCUT2D eigenvalue weighted by molar-refractivity contribution is -0.384. The lowest BCUT2D eigenvalue weighted by Gasteiger charge is -2.39. The van der Waals surface area contributed by atoms with Gasteiger partial charge in [-0.25, -0.2) is 0 Å². The summed E-state index contributed by atoms with van der Waals surface area (Å²) < 4.78 is 4.97. The maximum absolute atomic E-state index is 11.4. The summed E-state index contributed by atoms with van der Waals surface area (Å²) in [6, 6.07) is 4.39. The third kappa shape index (κ3) is 3.24. The summed E-state index contributed by atoms with van der Waals surface area (Å²) in [7, 11) is 1.42. The fourth-order valence-corrected chi connectivity index (χ4v) is 1.66. The minimum atomic E-state index is -1.12. The quantitative estimate of drug-likeness (QED) is 0.618. The molecule has 0 heterocycles. The number of nitro benzene ring substituents is 1. The molecule has 0 unspecified atom stereocenters. The predicted octanol–water partition coefficient (Wildman–Crippen LogP) is 2.90. The molecule has 0 aliphatic carbocycles. The number of nitrogens with one attached hydrogen (secondary N) is 1. The van der Waals surface area contributed by atoms with Crippen molar-refractivity contribution in [3.63, 3.8) is 0 Å². The summed E-state index contributed by atoms with van der Waals surface area (Å²) in [4.78, 5) is 22.0. The Morgan fingerprint density at radius 3 is 2.33 bits per heavy atom. The van der Waals surface area contributed by atoms with E-state index in [0.29, 0.717) is 5.75 Å². The van der Waals surface area contributed by atoms with Crippen molar-refractivity contribution in [2.24, 2.45) is 5.41 Å². The van der Waals surface area contributed by atoms with Gasteiger partial charge in [0, 0.05) is 5.54 Å². The Morgan fingerprint density at radius 2 is 1.90 bits per heavy atom. The Kier molecular flexibility index (Phi) is 4.46. The molecule has 0 saturated heterocycles. The number of rotatable bonds is 6. The first-order valence-corrected chi connectivity index (χ1v) is 6.37. The van der Waals surface area contributed by atoms with Gasteiger partial charge in [-0.1, -0.05) is 0 Å². The minimum absolute atomic E-state index is 0.163. The monoisotopic (exact) mass is 296 g/mol. The van der Waals surface area contributed by atoms with Crippen LogP contribution in [0.5, 0.6) is 5.75 Å². The van der Waals surface area contributed by atoms with Gasteiger partial charge < -0.3 is 15.2 Å². The summed E-state index contributed by atoms with van der Waals surface area (Å²) in [6.07, 6.45) is 0. The van der Waals surface area contributed by atoms with Crippen molar-refractivity contribution in [2.75, 3.05) is 12.4 Å². The van der Waals surface area contributed by atoms with Gasteiger partial charge in [0.1, 0.15) is 11.4 Å². The van der Waals surface area contributed by atoms with Crippen LogP contribution in [0.1, 0.15) is 27.7 Å². The van der Waals surface area contributed by atoms with Gasteiger partial charge in [0.25, 0.3) is 5.69 Å². The van der Waals surface area contributed by atoms with Crippen LogP contribution >= 0.6 is 0 Å². The van der Waals surface area contributed by atoms with E-state index in [9.17, 15) is 20.0 Å². The molecular weight excluding hydrogens is 276 g/mol. The predicted molar refractivity (Wildman–Crippen MR) is 78.8 cm³/mol. The number of benzene rings is 1. The fourth-order valence-electron chi connectivity index (χ4n) is 1.66. The Labute approximate surface area is 123 Å². The van der Waals surface area contributed by atoms with E-state index in [2.05, 4.69) is 5.32 Å². The van der Waals surface area contributed by atoms with Gasteiger partial charge in [0.2, 0.25) is 0 Å². The zero-order valence-electron chi connectivity index (χ0n) is 12.8. The summed E-state index contributed by atoms with van der Waals surface area (Å²) >= 11 is 0. The highest BCUT2D eigenvalue weighted by Crippen LogP contribution is 2.37. The number of nitro groups is 1. The molecule has 1 rings (SSSR count). The first-order valence-electron chi connectivity index (χ1n) is 6.37. The third-order valence-corrected chi connectivity index (χ3v) is 3.95. The normalized spacial score (nSPS) is 11.9. The number of hydrogen-bond donors (Lipinski definition) is 2. The lowest BCUT2D eigenvalue weighted by Crippen LogP contribution is -2.50. The Balaban J connectivity index is 3.24. The Morgan fingerprint density at radius 1 is 1.33 bits per heavy atom. The van der Waals surface area contributed by atoms with Gasteiger partial charge >= 0.3 is 5.97 Å². The van der Waals surface area contributed by atoms with Crippen molar-refractivity contribution < 1.29 is 19.6 Å². The number of ether oxygens (including phenoxy) is 1. The summed E-state index contributed by atoms with van der Waals surface area (Å²) in [5.74, 6) is -0.626. The molecule has 0 aliphatic heterocycles. The molecule has 1 aromatic carbocycles. The molecule has 0 spiro atoms. The molecular formula is C14H20N2O5. The van der Waals surface area contributed by atoms with Crippen molar-refractivity contribution in [3.8, 4) is 5.75 Å². The van der Waals surface area contributed by atoms with E-state index in [-0.39, 0.29) is 11.4 Å². The highest BCUT2D eigenvalue weighted by Gasteiger charge is 2.44. The SMILES string of the molecule is COc1ccc(NC(C)(C)C(C)(C)C(=O)O)c([N+](=O)[O-])c1. The molecule has 0 saturated carbocycles. The van der Waals surface area contributed by atoms with Crippen LogP contribution in [0.3, 0.4) is 0 Å². The molecule has 21 heavy (non-hydrogen) atoms. The standard InChI is InChI=1S/C14H20N2O5/c1-13(2,12(17)18)14(3,4)15-10-7-6-9(21-5)8-11(10)16(19)20/h6-8,15H,1-5H3,(H,17,18). The molecule has 0 amide bonds. The van der Waals surface area contributed by atoms with Crippen molar-refractivity contribution >= 4 is 17.3 Å². The summed E-state index contributed by atoms with van der Waals surface area (Å²) in [6.45, 7) is 6.51. The van der Waals surface area contributed by atoms with Gasteiger partial charge in [-0.05, 0) is 39.8 Å². The average Bonchev–Trinajstić information content (AvgIpc) is 2.38. The van der Waals surface area contributed by atoms with Crippen LogP contribution in [-0.2, 0) is 4.79 Å². The molecule has 0 atom stereocenters. The maximum Gasteiger partial charge on any atom is 0.311 e. The topological polar surface area (TPSA) is 102 Å². The Hall–Kier alpha value is -2.31. The van der Waals surface area contributed by atoms with Gasteiger partial charge in [-0.3, -0.25) is 14.9 Å². The summed E-state index contributed by atoms with van der Waals surface area (Å²) in [5, 5.41) is 23.4. The zero-order chi connectivity index (χ0) is 16.4. The number of carboxylic acids is 1. The molecule has 7 nitrogen and oxygen atoms in total. The minimum Gasteiger partial charge on any atom is -0.496 e. The van der Waals surface area contributed by atoms with Crippen LogP contribution in [-0.4, -0.2) is 28.6 Å². The number of nitrogens with zero attached hydrogens (tertiary/aromatic N) is 1. The molecule has 0 aliphatic rings. The van der Waals surface area contributed by atoms with Crippen LogP contribution in [0.15, 0.2) is 18.2 Å². The van der Waals surface area contributed by atoms with Gasteiger partial charge in [0.05, 0.1) is 23.5 Å². The van der Waals surface area contributed by atoms with E-state index in [0.717, 1.165) is 0 Å². The van der Waals surface area contributed by atoms with Crippen molar-refractivity contribution in [3.05, 3.63) is 28.3 Å². The van der Waals surface area contributed by atoms with Crippen molar-refractivity contribution in [1.82, 2.24) is 0 Å². The molecule has 0 bridgehead atoms. The second kappa shape index (κ2) is 5.59. The molecule has 7 heteroatoms. The van der Waals surface area contributed by atoms with E-state index in [4.69, 9.17) is 4.74 Å². The van der Waals surface area contributed by atoms with Crippen LogP contribution in [0.2, 0.25) is 0 Å². The molecule has 116 valence electrons. The Bertz CT molecular complexity index is 566. The second-order valence-corrected chi connectivity index (χ2v) is 5.82. The van der Waals surface area contributed by atoms with Crippen molar-refractivity contribution in [1.29, 1.82) is 0 Å². The molecule has 1 aromatic rings.